The zero-order chi connectivity index (χ0) is 20.3. The SMILES string of the molecule is Cc1ccc(C)c(NC(=O)C(Sc2nnnn2C(C)(C)C)c2ccccc2)c1. The van der Waals surface area contributed by atoms with E-state index in [1.54, 1.807) is 4.68 Å². The lowest BCUT2D eigenvalue weighted by atomic mass is 10.1. The molecule has 1 amide bonds. The number of hydrogen-bond donors (Lipinski definition) is 1. The molecule has 0 aliphatic carbocycles. The van der Waals surface area contributed by atoms with Crippen molar-refractivity contribution in [1.29, 1.82) is 0 Å². The molecule has 0 bridgehead atoms. The molecule has 1 unspecified atom stereocenters. The van der Waals surface area contributed by atoms with Gasteiger partial charge in [0, 0.05) is 5.69 Å². The second kappa shape index (κ2) is 8.14. The summed E-state index contributed by atoms with van der Waals surface area (Å²) in [5.41, 5.74) is 3.56. The van der Waals surface area contributed by atoms with E-state index in [1.165, 1.54) is 11.8 Å². The van der Waals surface area contributed by atoms with Gasteiger partial charge >= 0.3 is 0 Å². The first-order valence-corrected chi connectivity index (χ1v) is 10.0. The monoisotopic (exact) mass is 395 g/mol. The zero-order valence-electron chi connectivity index (χ0n) is 16.8. The van der Waals surface area contributed by atoms with Crippen molar-refractivity contribution in [3.8, 4) is 0 Å². The molecule has 0 fully saturated rings. The van der Waals surface area contributed by atoms with Crippen molar-refractivity contribution < 1.29 is 4.79 Å². The van der Waals surface area contributed by atoms with Crippen LogP contribution in [-0.2, 0) is 10.3 Å². The van der Waals surface area contributed by atoms with Crippen molar-refractivity contribution in [3.05, 3.63) is 65.2 Å². The van der Waals surface area contributed by atoms with Crippen molar-refractivity contribution in [2.45, 2.75) is 50.6 Å². The number of anilines is 1. The Bertz CT molecular complexity index is 962. The molecule has 1 N–H and O–H groups in total. The predicted octanol–water partition coefficient (Wildman–Crippen LogP) is 4.52. The molecule has 0 saturated heterocycles. The van der Waals surface area contributed by atoms with E-state index in [4.69, 9.17) is 0 Å². The quantitative estimate of drug-likeness (QED) is 0.643. The van der Waals surface area contributed by atoms with E-state index in [1.807, 2.05) is 83.1 Å². The first-order chi connectivity index (χ1) is 13.3. The van der Waals surface area contributed by atoms with Gasteiger partial charge in [-0.15, -0.1) is 5.10 Å². The molecule has 3 rings (SSSR count). The Morgan fingerprint density at radius 1 is 1.11 bits per heavy atom. The fraction of sp³-hybridized carbons (Fsp3) is 0.333. The molecule has 1 aromatic heterocycles. The summed E-state index contributed by atoms with van der Waals surface area (Å²) in [5.74, 6) is -0.103. The van der Waals surface area contributed by atoms with Gasteiger partial charge in [0.1, 0.15) is 5.25 Å². The van der Waals surface area contributed by atoms with Crippen molar-refractivity contribution in [2.24, 2.45) is 0 Å². The van der Waals surface area contributed by atoms with Crippen molar-refractivity contribution in [2.75, 3.05) is 5.32 Å². The number of thioether (sulfide) groups is 1. The number of carbonyl (C=O) groups excluding carboxylic acids is 1. The van der Waals surface area contributed by atoms with E-state index < -0.39 is 5.25 Å². The van der Waals surface area contributed by atoms with Gasteiger partial charge in [0.05, 0.1) is 5.54 Å². The molecule has 3 aromatic rings. The smallest absolute Gasteiger partial charge is 0.242 e. The highest BCUT2D eigenvalue weighted by atomic mass is 32.2. The fourth-order valence-electron chi connectivity index (χ4n) is 2.75. The molecular weight excluding hydrogens is 370 g/mol. The van der Waals surface area contributed by atoms with Crippen LogP contribution < -0.4 is 5.32 Å². The van der Waals surface area contributed by atoms with Gasteiger partial charge in [0.15, 0.2) is 0 Å². The van der Waals surface area contributed by atoms with Crippen LogP contribution in [0.4, 0.5) is 5.69 Å². The summed E-state index contributed by atoms with van der Waals surface area (Å²) in [5, 5.41) is 15.3. The summed E-state index contributed by atoms with van der Waals surface area (Å²) in [6, 6.07) is 15.7. The second-order valence-corrected chi connectivity index (χ2v) is 8.83. The number of aryl methyl sites for hydroxylation is 2. The minimum atomic E-state index is -0.479. The van der Waals surface area contributed by atoms with Gasteiger partial charge < -0.3 is 5.32 Å². The summed E-state index contributed by atoms with van der Waals surface area (Å²) in [4.78, 5) is 13.3. The molecule has 1 atom stereocenters. The van der Waals surface area contributed by atoms with Crippen molar-refractivity contribution in [1.82, 2.24) is 20.2 Å². The van der Waals surface area contributed by atoms with Crippen molar-refractivity contribution >= 4 is 23.4 Å². The van der Waals surface area contributed by atoms with Gasteiger partial charge in [-0.2, -0.15) is 0 Å². The third kappa shape index (κ3) is 4.59. The summed E-state index contributed by atoms with van der Waals surface area (Å²) in [7, 11) is 0. The molecule has 28 heavy (non-hydrogen) atoms. The van der Waals surface area contributed by atoms with Gasteiger partial charge in [-0.3, -0.25) is 4.79 Å². The van der Waals surface area contributed by atoms with E-state index in [-0.39, 0.29) is 11.4 Å². The van der Waals surface area contributed by atoms with Gasteiger partial charge in [-0.1, -0.05) is 54.2 Å². The maximum Gasteiger partial charge on any atom is 0.242 e. The predicted molar refractivity (Wildman–Crippen MR) is 112 cm³/mol. The topological polar surface area (TPSA) is 72.7 Å². The third-order valence-corrected chi connectivity index (χ3v) is 5.48. The minimum absolute atomic E-state index is 0.103. The molecule has 7 heteroatoms. The minimum Gasteiger partial charge on any atom is -0.325 e. The second-order valence-electron chi connectivity index (χ2n) is 7.76. The summed E-state index contributed by atoms with van der Waals surface area (Å²) < 4.78 is 1.75. The van der Waals surface area contributed by atoms with Crippen molar-refractivity contribution in [3.63, 3.8) is 0 Å². The van der Waals surface area contributed by atoms with Crippen LogP contribution in [0.25, 0.3) is 0 Å². The maximum absolute atomic E-state index is 13.3. The molecule has 0 spiro atoms. The van der Waals surface area contributed by atoms with Gasteiger partial charge in [-0.25, -0.2) is 4.68 Å². The number of nitrogens with one attached hydrogen (secondary N) is 1. The number of rotatable bonds is 5. The van der Waals surface area contributed by atoms with Crippen LogP contribution in [0.15, 0.2) is 53.7 Å². The highest BCUT2D eigenvalue weighted by molar-refractivity contribution is 8.00. The Morgan fingerprint density at radius 3 is 2.50 bits per heavy atom. The summed E-state index contributed by atoms with van der Waals surface area (Å²) >= 11 is 1.35. The lowest BCUT2D eigenvalue weighted by molar-refractivity contribution is -0.115. The lowest BCUT2D eigenvalue weighted by Gasteiger charge is -2.22. The Balaban J connectivity index is 1.93. The third-order valence-electron chi connectivity index (χ3n) is 4.29. The molecule has 2 aromatic carbocycles. The first kappa shape index (κ1) is 20.1. The summed E-state index contributed by atoms with van der Waals surface area (Å²) in [6.45, 7) is 10.1. The average molecular weight is 396 g/mol. The Labute approximate surface area is 169 Å². The number of aromatic nitrogens is 4. The molecule has 0 radical (unpaired) electrons. The Hall–Kier alpha value is -2.67. The lowest BCUT2D eigenvalue weighted by Crippen LogP contribution is -2.25. The summed E-state index contributed by atoms with van der Waals surface area (Å²) in [6.07, 6.45) is 0. The highest BCUT2D eigenvalue weighted by Crippen LogP contribution is 2.36. The van der Waals surface area contributed by atoms with Crippen LogP contribution in [0, 0.1) is 13.8 Å². The molecule has 0 aliphatic rings. The molecule has 0 saturated carbocycles. The van der Waals surface area contributed by atoms with Crippen LogP contribution in [-0.4, -0.2) is 26.1 Å². The van der Waals surface area contributed by atoms with Crippen LogP contribution in [0.1, 0.15) is 42.7 Å². The Morgan fingerprint density at radius 2 is 1.82 bits per heavy atom. The number of benzene rings is 2. The van der Waals surface area contributed by atoms with E-state index in [2.05, 4.69) is 20.8 Å². The average Bonchev–Trinajstić information content (AvgIpc) is 3.12. The van der Waals surface area contributed by atoms with Crippen LogP contribution in [0.5, 0.6) is 0 Å². The van der Waals surface area contributed by atoms with Gasteiger partial charge in [0.25, 0.3) is 0 Å². The normalized spacial score (nSPS) is 12.6. The van der Waals surface area contributed by atoms with Crippen LogP contribution in [0.3, 0.4) is 0 Å². The number of amides is 1. The van der Waals surface area contributed by atoms with E-state index in [9.17, 15) is 4.79 Å². The zero-order valence-corrected chi connectivity index (χ0v) is 17.6. The standard InChI is InChI=1S/C21H25N5OS/c1-14-11-12-15(2)17(13-14)22-19(27)18(16-9-7-6-8-10-16)28-20-23-24-25-26(20)21(3,4)5/h6-13,18H,1-5H3,(H,22,27). The van der Waals surface area contributed by atoms with Gasteiger partial charge in [-0.05, 0) is 67.8 Å². The van der Waals surface area contributed by atoms with Crippen LogP contribution in [0.2, 0.25) is 0 Å². The maximum atomic E-state index is 13.3. The molecule has 6 nitrogen and oxygen atoms in total. The van der Waals surface area contributed by atoms with E-state index in [0.29, 0.717) is 5.16 Å². The van der Waals surface area contributed by atoms with E-state index in [0.717, 1.165) is 22.4 Å². The number of tetrazole rings is 1. The molecule has 1 heterocycles. The largest absolute Gasteiger partial charge is 0.325 e. The van der Waals surface area contributed by atoms with Gasteiger partial charge in [0.2, 0.25) is 11.1 Å². The number of nitrogens with zero attached hydrogens (tertiary/aromatic N) is 4. The Kier molecular flexibility index (Phi) is 5.84. The molecule has 146 valence electrons. The van der Waals surface area contributed by atoms with E-state index >= 15 is 0 Å². The van der Waals surface area contributed by atoms with Crippen LogP contribution >= 0.6 is 11.8 Å². The first-order valence-electron chi connectivity index (χ1n) is 9.14. The molecular formula is C21H25N5OS. The number of carbonyl (C=O) groups is 1. The highest BCUT2D eigenvalue weighted by Gasteiger charge is 2.28. The molecule has 0 aliphatic heterocycles. The number of hydrogen-bond acceptors (Lipinski definition) is 5. The fourth-order valence-corrected chi connectivity index (χ4v) is 3.91.